The lowest BCUT2D eigenvalue weighted by Crippen LogP contribution is -2.29. The van der Waals surface area contributed by atoms with Gasteiger partial charge in [-0.25, -0.2) is 4.57 Å². The first-order valence-corrected chi connectivity index (χ1v) is 19.3. The fourth-order valence-corrected chi connectivity index (χ4v) is 5.73. The van der Waals surface area contributed by atoms with Crippen LogP contribution in [0.5, 0.6) is 0 Å². The van der Waals surface area contributed by atoms with Crippen LogP contribution in [0.4, 0.5) is 0 Å². The largest absolute Gasteiger partial charge is 0.469 e. The summed E-state index contributed by atoms with van der Waals surface area (Å²) < 4.78 is 26.2. The van der Waals surface area contributed by atoms with Gasteiger partial charge in [0.05, 0.1) is 6.61 Å². The van der Waals surface area contributed by atoms with Gasteiger partial charge in [-0.1, -0.05) is 134 Å². The van der Waals surface area contributed by atoms with E-state index in [1.54, 1.807) is 6.92 Å². The molecule has 254 valence electrons. The van der Waals surface area contributed by atoms with E-state index in [4.69, 9.17) is 19.3 Å². The third-order valence-corrected chi connectivity index (χ3v) is 8.61. The third-order valence-electron chi connectivity index (χ3n) is 7.22. The molecule has 9 nitrogen and oxygen atoms in total. The summed E-state index contributed by atoms with van der Waals surface area (Å²) >= 11 is 1.41. The Bertz CT molecular complexity index is 744. The monoisotopic (exact) mass is 652 g/mol. The van der Waals surface area contributed by atoms with Crippen molar-refractivity contribution in [3.05, 3.63) is 0 Å². The Kier molecular flexibility index (Phi) is 29.1. The smallest absolute Gasteiger partial charge is 0.462 e. The van der Waals surface area contributed by atoms with E-state index in [2.05, 4.69) is 11.4 Å². The van der Waals surface area contributed by atoms with Crippen molar-refractivity contribution in [2.75, 3.05) is 19.0 Å². The predicted octanol–water partition coefficient (Wildman–Crippen LogP) is 8.82. The molecule has 0 spiro atoms. The number of hydrogen-bond acceptors (Lipinski definition) is 8. The molecular formula is C32H61O9PS. The maximum absolute atomic E-state index is 12.3. The van der Waals surface area contributed by atoms with Crippen LogP contribution in [0, 0.1) is 0 Å². The van der Waals surface area contributed by atoms with Crippen molar-refractivity contribution in [1.82, 2.24) is 0 Å². The highest BCUT2D eigenvalue weighted by atomic mass is 32.2. The van der Waals surface area contributed by atoms with Crippen LogP contribution >= 0.6 is 19.6 Å². The second-order valence-electron chi connectivity index (χ2n) is 11.5. The molecule has 1 atom stereocenters. The van der Waals surface area contributed by atoms with Gasteiger partial charge in [0.25, 0.3) is 0 Å². The average Bonchev–Trinajstić information content (AvgIpc) is 2.95. The normalized spacial score (nSPS) is 12.3. The summed E-state index contributed by atoms with van der Waals surface area (Å²) in [6, 6.07) is 0. The molecule has 0 rings (SSSR count). The molecule has 0 radical (unpaired) electrons. The Morgan fingerprint density at radius 2 is 1.05 bits per heavy atom. The zero-order valence-electron chi connectivity index (χ0n) is 27.1. The SMILES string of the molecule is CCCCCCCCCCCCC(=O)O[C@H](COC(=O)CCCCCCCCCCCCCSC(C)=O)COP(=O)(O)O. The Labute approximate surface area is 265 Å². The van der Waals surface area contributed by atoms with E-state index in [1.807, 2.05) is 0 Å². The number of hydrogen-bond donors (Lipinski definition) is 2. The highest BCUT2D eigenvalue weighted by molar-refractivity contribution is 8.13. The van der Waals surface area contributed by atoms with Gasteiger partial charge in [-0.15, -0.1) is 0 Å². The van der Waals surface area contributed by atoms with Crippen molar-refractivity contribution in [3.63, 3.8) is 0 Å². The number of thioether (sulfide) groups is 1. The third kappa shape index (κ3) is 33.8. The Hall–Kier alpha value is -0.930. The van der Waals surface area contributed by atoms with Gasteiger partial charge < -0.3 is 19.3 Å². The summed E-state index contributed by atoms with van der Waals surface area (Å²) in [6.07, 6.45) is 23.1. The van der Waals surface area contributed by atoms with E-state index in [9.17, 15) is 18.9 Å². The minimum atomic E-state index is -4.75. The zero-order valence-corrected chi connectivity index (χ0v) is 28.8. The number of carbonyl (C=O) groups excluding carboxylic acids is 3. The lowest BCUT2D eigenvalue weighted by Gasteiger charge is -2.18. The summed E-state index contributed by atoms with van der Waals surface area (Å²) in [5.41, 5.74) is 0. The van der Waals surface area contributed by atoms with Crippen LogP contribution in [0.15, 0.2) is 0 Å². The fourth-order valence-electron chi connectivity index (χ4n) is 4.73. The highest BCUT2D eigenvalue weighted by Crippen LogP contribution is 2.36. The lowest BCUT2D eigenvalue weighted by atomic mass is 10.1. The first kappa shape index (κ1) is 42.1. The van der Waals surface area contributed by atoms with Gasteiger partial charge >= 0.3 is 19.8 Å². The number of esters is 2. The van der Waals surface area contributed by atoms with Gasteiger partial charge in [0.15, 0.2) is 11.2 Å². The van der Waals surface area contributed by atoms with Gasteiger partial charge in [0, 0.05) is 25.5 Å². The van der Waals surface area contributed by atoms with Crippen LogP contribution in [0.25, 0.3) is 0 Å². The summed E-state index contributed by atoms with van der Waals surface area (Å²) in [4.78, 5) is 53.3. The Balaban J connectivity index is 3.94. The topological polar surface area (TPSA) is 136 Å². The van der Waals surface area contributed by atoms with Gasteiger partial charge in [0.2, 0.25) is 0 Å². The van der Waals surface area contributed by atoms with Crippen molar-refractivity contribution in [3.8, 4) is 0 Å². The molecule has 0 aromatic heterocycles. The standard InChI is InChI=1S/C32H61O9PS/c1-3-4-5-6-7-8-12-16-19-22-25-32(35)41-30(28-40-42(36,37)38)27-39-31(34)24-21-18-15-13-10-9-11-14-17-20-23-26-43-29(2)33/h30H,3-28H2,1-2H3,(H2,36,37,38)/t30-/m1/s1. The van der Waals surface area contributed by atoms with Crippen LogP contribution < -0.4 is 0 Å². The first-order chi connectivity index (χ1) is 20.6. The molecule has 0 aromatic carbocycles. The second kappa shape index (κ2) is 29.8. The average molecular weight is 653 g/mol. The van der Waals surface area contributed by atoms with Gasteiger partial charge in [-0.3, -0.25) is 18.9 Å². The maximum Gasteiger partial charge on any atom is 0.469 e. The Morgan fingerprint density at radius 3 is 1.49 bits per heavy atom. The van der Waals surface area contributed by atoms with Crippen molar-refractivity contribution >= 4 is 36.6 Å². The fraction of sp³-hybridized carbons (Fsp3) is 0.906. The molecule has 0 aliphatic heterocycles. The van der Waals surface area contributed by atoms with Crippen LogP contribution in [0.2, 0.25) is 0 Å². The summed E-state index contributed by atoms with van der Waals surface area (Å²) in [5, 5.41) is 0.198. The molecular weight excluding hydrogens is 591 g/mol. The molecule has 0 aliphatic carbocycles. The molecule has 0 bridgehead atoms. The number of ether oxygens (including phenoxy) is 2. The van der Waals surface area contributed by atoms with Gasteiger partial charge in [0.1, 0.15) is 6.61 Å². The van der Waals surface area contributed by atoms with Crippen LogP contribution in [-0.2, 0) is 32.9 Å². The zero-order chi connectivity index (χ0) is 32.0. The predicted molar refractivity (Wildman–Crippen MR) is 174 cm³/mol. The van der Waals surface area contributed by atoms with E-state index in [1.165, 1.54) is 88.8 Å². The second-order valence-corrected chi connectivity index (χ2v) is 14.0. The van der Waals surface area contributed by atoms with Crippen molar-refractivity contribution in [1.29, 1.82) is 0 Å². The molecule has 43 heavy (non-hydrogen) atoms. The Morgan fingerprint density at radius 1 is 0.628 bits per heavy atom. The highest BCUT2D eigenvalue weighted by Gasteiger charge is 2.22. The molecule has 0 saturated heterocycles. The van der Waals surface area contributed by atoms with Crippen molar-refractivity contribution < 1.29 is 42.7 Å². The molecule has 0 aromatic rings. The number of carbonyl (C=O) groups is 3. The number of phosphoric ester groups is 1. The van der Waals surface area contributed by atoms with E-state index in [0.29, 0.717) is 12.8 Å². The summed E-state index contributed by atoms with van der Waals surface area (Å²) in [6.45, 7) is 2.99. The van der Waals surface area contributed by atoms with Crippen LogP contribution in [-0.4, -0.2) is 51.9 Å². The van der Waals surface area contributed by atoms with Gasteiger partial charge in [-0.2, -0.15) is 0 Å². The molecule has 0 heterocycles. The quantitative estimate of drug-likeness (QED) is 0.0424. The van der Waals surface area contributed by atoms with E-state index in [0.717, 1.165) is 50.7 Å². The minimum Gasteiger partial charge on any atom is -0.462 e. The molecule has 0 saturated carbocycles. The van der Waals surface area contributed by atoms with Crippen LogP contribution in [0.3, 0.4) is 0 Å². The van der Waals surface area contributed by atoms with Crippen LogP contribution in [0.1, 0.15) is 162 Å². The number of unbranched alkanes of at least 4 members (excludes halogenated alkanes) is 19. The molecule has 11 heteroatoms. The van der Waals surface area contributed by atoms with Crippen molar-refractivity contribution in [2.24, 2.45) is 0 Å². The molecule has 0 unspecified atom stereocenters. The molecule has 0 aliphatic rings. The number of rotatable bonds is 31. The van der Waals surface area contributed by atoms with E-state index in [-0.39, 0.29) is 24.6 Å². The first-order valence-electron chi connectivity index (χ1n) is 16.8. The lowest BCUT2D eigenvalue weighted by molar-refractivity contribution is -0.161. The van der Waals surface area contributed by atoms with Gasteiger partial charge in [-0.05, 0) is 19.3 Å². The van der Waals surface area contributed by atoms with E-state index >= 15 is 0 Å². The number of phosphoric acid groups is 1. The molecule has 0 fully saturated rings. The van der Waals surface area contributed by atoms with E-state index < -0.39 is 32.5 Å². The molecule has 0 amide bonds. The minimum absolute atomic E-state index is 0.198. The summed E-state index contributed by atoms with van der Waals surface area (Å²) in [7, 11) is -4.75. The maximum atomic E-state index is 12.3. The molecule has 2 N–H and O–H groups in total. The summed E-state index contributed by atoms with van der Waals surface area (Å²) in [5.74, 6) is 0.0221. The van der Waals surface area contributed by atoms with Crippen molar-refractivity contribution in [2.45, 2.75) is 168 Å².